The molecule has 0 unspecified atom stereocenters. The maximum atomic E-state index is 10.5. The maximum Gasteiger partial charge on any atom is 0.326 e. The normalized spacial score (nSPS) is 12.0. The van der Waals surface area contributed by atoms with Gasteiger partial charge in [-0.2, -0.15) is 0 Å². The number of nitrogens with zero attached hydrogens (tertiary/aromatic N) is 1. The van der Waals surface area contributed by atoms with Crippen molar-refractivity contribution in [3.8, 4) is 0 Å². The molecule has 0 rings (SSSR count). The topological polar surface area (TPSA) is 98.1 Å². The lowest BCUT2D eigenvalue weighted by Gasteiger charge is -2.17. The molecular formula is C6H14NO5P. The Morgan fingerprint density at radius 2 is 2.00 bits per heavy atom. The van der Waals surface area contributed by atoms with E-state index in [1.807, 2.05) is 0 Å². The SMILES string of the molecule is CCN(CCP(=O)(O)O)CC(=O)O. The van der Waals surface area contributed by atoms with E-state index in [-0.39, 0.29) is 19.3 Å². The van der Waals surface area contributed by atoms with Crippen LogP contribution in [0.4, 0.5) is 0 Å². The average Bonchev–Trinajstić information content (AvgIpc) is 1.95. The van der Waals surface area contributed by atoms with Gasteiger partial charge in [0.25, 0.3) is 0 Å². The zero-order chi connectivity index (χ0) is 10.5. The summed E-state index contributed by atoms with van der Waals surface area (Å²) in [6.07, 6.45) is -0.297. The molecule has 0 aromatic carbocycles. The van der Waals surface area contributed by atoms with Crippen LogP contribution in [-0.2, 0) is 9.36 Å². The fraction of sp³-hybridized carbons (Fsp3) is 0.833. The molecule has 0 amide bonds. The van der Waals surface area contributed by atoms with Crippen molar-refractivity contribution >= 4 is 13.6 Å². The lowest BCUT2D eigenvalue weighted by atomic mass is 10.5. The van der Waals surface area contributed by atoms with Gasteiger partial charge in [-0.15, -0.1) is 0 Å². The molecule has 0 aromatic heterocycles. The molecule has 13 heavy (non-hydrogen) atoms. The molecule has 0 spiro atoms. The molecule has 0 bridgehead atoms. The number of likely N-dealkylation sites (N-methyl/N-ethyl adjacent to an activating group) is 1. The van der Waals surface area contributed by atoms with Crippen LogP contribution in [0.3, 0.4) is 0 Å². The van der Waals surface area contributed by atoms with Crippen LogP contribution in [0.2, 0.25) is 0 Å². The van der Waals surface area contributed by atoms with E-state index in [9.17, 15) is 9.36 Å². The zero-order valence-corrected chi connectivity index (χ0v) is 8.28. The van der Waals surface area contributed by atoms with E-state index in [1.165, 1.54) is 4.90 Å². The minimum atomic E-state index is -4.01. The highest BCUT2D eigenvalue weighted by atomic mass is 31.2. The van der Waals surface area contributed by atoms with E-state index >= 15 is 0 Å². The van der Waals surface area contributed by atoms with Crippen LogP contribution >= 0.6 is 7.60 Å². The number of carboxylic acid groups (broad SMARTS) is 1. The summed E-state index contributed by atoms with van der Waals surface area (Å²) in [7, 11) is -4.01. The number of carboxylic acids is 1. The van der Waals surface area contributed by atoms with Crippen LogP contribution < -0.4 is 0 Å². The van der Waals surface area contributed by atoms with Crippen LogP contribution in [0.25, 0.3) is 0 Å². The van der Waals surface area contributed by atoms with Crippen molar-refractivity contribution in [1.29, 1.82) is 0 Å². The van der Waals surface area contributed by atoms with Crippen molar-refractivity contribution in [2.24, 2.45) is 0 Å². The summed E-state index contributed by atoms with van der Waals surface area (Å²) in [6, 6.07) is 0. The third kappa shape index (κ3) is 7.93. The molecule has 0 heterocycles. The largest absolute Gasteiger partial charge is 0.480 e. The molecule has 78 valence electrons. The quantitative estimate of drug-likeness (QED) is 0.516. The Morgan fingerprint density at radius 1 is 1.46 bits per heavy atom. The number of carbonyl (C=O) groups is 1. The zero-order valence-electron chi connectivity index (χ0n) is 7.38. The second-order valence-corrected chi connectivity index (χ2v) is 4.43. The van der Waals surface area contributed by atoms with Gasteiger partial charge < -0.3 is 14.9 Å². The molecule has 7 heteroatoms. The third-order valence-corrected chi connectivity index (χ3v) is 2.30. The maximum absolute atomic E-state index is 10.5. The van der Waals surface area contributed by atoms with Crippen LogP contribution in [0.5, 0.6) is 0 Å². The highest BCUT2D eigenvalue weighted by molar-refractivity contribution is 7.51. The Bertz CT molecular complexity index is 213. The first-order valence-corrected chi connectivity index (χ1v) is 5.63. The Balaban J connectivity index is 3.86. The third-order valence-electron chi connectivity index (χ3n) is 1.51. The molecule has 0 aliphatic heterocycles. The first-order valence-electron chi connectivity index (χ1n) is 3.84. The van der Waals surface area contributed by atoms with Crippen molar-refractivity contribution in [3.63, 3.8) is 0 Å². The van der Waals surface area contributed by atoms with Gasteiger partial charge in [0.1, 0.15) is 0 Å². The van der Waals surface area contributed by atoms with Crippen LogP contribution in [0, 0.1) is 0 Å². The summed E-state index contributed by atoms with van der Waals surface area (Å²) in [5, 5.41) is 8.41. The van der Waals surface area contributed by atoms with Gasteiger partial charge in [-0.1, -0.05) is 6.92 Å². The van der Waals surface area contributed by atoms with Crippen molar-refractivity contribution in [1.82, 2.24) is 4.90 Å². The molecule has 3 N–H and O–H groups in total. The van der Waals surface area contributed by atoms with Gasteiger partial charge in [0, 0.05) is 6.54 Å². The fourth-order valence-electron chi connectivity index (χ4n) is 0.812. The number of rotatable bonds is 6. The molecule has 6 nitrogen and oxygen atoms in total. The fourth-order valence-corrected chi connectivity index (χ4v) is 1.36. The van der Waals surface area contributed by atoms with E-state index in [0.29, 0.717) is 6.54 Å². The first kappa shape index (κ1) is 12.6. The summed E-state index contributed by atoms with van der Waals surface area (Å²) in [4.78, 5) is 28.8. The van der Waals surface area contributed by atoms with Crippen molar-refractivity contribution in [3.05, 3.63) is 0 Å². The van der Waals surface area contributed by atoms with Gasteiger partial charge in [0.15, 0.2) is 0 Å². The number of hydrogen-bond acceptors (Lipinski definition) is 3. The van der Waals surface area contributed by atoms with E-state index in [4.69, 9.17) is 14.9 Å². The Hall–Kier alpha value is -0.420. The smallest absolute Gasteiger partial charge is 0.326 e. The summed E-state index contributed by atoms with van der Waals surface area (Å²) in [6.45, 7) is 2.12. The van der Waals surface area contributed by atoms with Crippen molar-refractivity contribution in [2.75, 3.05) is 25.8 Å². The monoisotopic (exact) mass is 211 g/mol. The van der Waals surface area contributed by atoms with E-state index in [1.54, 1.807) is 6.92 Å². The Labute approximate surface area is 76.3 Å². The van der Waals surface area contributed by atoms with Crippen LogP contribution in [0.1, 0.15) is 6.92 Å². The predicted octanol–water partition coefficient (Wildman–Crippen LogP) is -0.429. The van der Waals surface area contributed by atoms with Gasteiger partial charge in [-0.05, 0) is 6.54 Å². The number of aliphatic carboxylic acids is 1. The van der Waals surface area contributed by atoms with Crippen molar-refractivity contribution < 1.29 is 24.3 Å². The predicted molar refractivity (Wildman–Crippen MR) is 46.7 cm³/mol. The summed E-state index contributed by atoms with van der Waals surface area (Å²) >= 11 is 0. The molecule has 0 saturated carbocycles. The second-order valence-electron chi connectivity index (χ2n) is 2.65. The number of hydrogen-bond donors (Lipinski definition) is 3. The van der Waals surface area contributed by atoms with E-state index in [2.05, 4.69) is 0 Å². The molecule has 0 aliphatic rings. The van der Waals surface area contributed by atoms with Gasteiger partial charge in [0.2, 0.25) is 0 Å². The highest BCUT2D eigenvalue weighted by Crippen LogP contribution is 2.33. The molecule has 0 atom stereocenters. The van der Waals surface area contributed by atoms with Gasteiger partial charge >= 0.3 is 13.6 Å². The summed E-state index contributed by atoms with van der Waals surface area (Å²) in [5.74, 6) is -0.993. The van der Waals surface area contributed by atoms with Crippen LogP contribution in [-0.4, -0.2) is 51.6 Å². The molecule has 0 saturated heterocycles. The standard InChI is InChI=1S/C6H14NO5P/c1-2-7(5-6(8)9)3-4-13(10,11)12/h2-5H2,1H3,(H,8,9)(H2,10,11,12). The van der Waals surface area contributed by atoms with Crippen LogP contribution in [0.15, 0.2) is 0 Å². The average molecular weight is 211 g/mol. The lowest BCUT2D eigenvalue weighted by Crippen LogP contribution is -2.32. The summed E-state index contributed by atoms with van der Waals surface area (Å²) < 4.78 is 10.5. The Morgan fingerprint density at radius 3 is 2.31 bits per heavy atom. The van der Waals surface area contributed by atoms with E-state index in [0.717, 1.165) is 0 Å². The van der Waals surface area contributed by atoms with Gasteiger partial charge in [-0.25, -0.2) is 0 Å². The van der Waals surface area contributed by atoms with Gasteiger partial charge in [0.05, 0.1) is 12.7 Å². The minimum Gasteiger partial charge on any atom is -0.480 e. The summed E-state index contributed by atoms with van der Waals surface area (Å²) in [5.41, 5.74) is 0. The molecule has 0 aromatic rings. The second kappa shape index (κ2) is 5.34. The minimum absolute atomic E-state index is 0.104. The molecule has 0 fully saturated rings. The highest BCUT2D eigenvalue weighted by Gasteiger charge is 2.16. The molecule has 0 aliphatic carbocycles. The van der Waals surface area contributed by atoms with Crippen molar-refractivity contribution in [2.45, 2.75) is 6.92 Å². The molecule has 0 radical (unpaired) electrons. The lowest BCUT2D eigenvalue weighted by molar-refractivity contribution is -0.138. The molecular weight excluding hydrogens is 197 g/mol. The van der Waals surface area contributed by atoms with E-state index < -0.39 is 13.6 Å². The van der Waals surface area contributed by atoms with Gasteiger partial charge in [-0.3, -0.25) is 14.3 Å². The first-order chi connectivity index (χ1) is 5.85. The Kier molecular flexibility index (Phi) is 5.17.